The van der Waals surface area contributed by atoms with Crippen LogP contribution in [0.1, 0.15) is 24.4 Å². The van der Waals surface area contributed by atoms with Crippen molar-refractivity contribution in [3.05, 3.63) is 36.2 Å². The average molecular weight is 418 g/mol. The fourth-order valence-electron chi connectivity index (χ4n) is 4.09. The van der Waals surface area contributed by atoms with Crippen LogP contribution in [0.25, 0.3) is 33.3 Å². The number of nitrogen functional groups attached to an aromatic ring is 1. The molecule has 0 unspecified atom stereocenters. The number of aromatic nitrogens is 6. The largest absolute Gasteiger partial charge is 0.387 e. The third kappa shape index (κ3) is 3.34. The topological polar surface area (TPSA) is 136 Å². The van der Waals surface area contributed by atoms with E-state index in [1.54, 1.807) is 17.3 Å². The van der Waals surface area contributed by atoms with Crippen LogP contribution in [0, 0.1) is 6.92 Å². The summed E-state index contributed by atoms with van der Waals surface area (Å²) in [4.78, 5) is 27.1. The maximum absolute atomic E-state index is 11.8. The second-order valence-corrected chi connectivity index (χ2v) is 7.79. The molecule has 10 heteroatoms. The molecule has 1 fully saturated rings. The Morgan fingerprint density at radius 1 is 1.19 bits per heavy atom. The molecule has 4 aromatic rings. The van der Waals surface area contributed by atoms with Gasteiger partial charge in [0.25, 0.3) is 0 Å². The molecule has 1 amide bonds. The predicted molar refractivity (Wildman–Crippen MR) is 115 cm³/mol. The first-order chi connectivity index (χ1) is 15.0. The number of piperidine rings is 1. The molecule has 1 aliphatic heterocycles. The third-order valence-corrected chi connectivity index (χ3v) is 5.86. The molecule has 158 valence electrons. The lowest BCUT2D eigenvalue weighted by molar-refractivity contribution is -0.135. The number of rotatable bonds is 3. The van der Waals surface area contributed by atoms with Crippen molar-refractivity contribution in [2.75, 3.05) is 25.4 Å². The molecule has 0 spiro atoms. The van der Waals surface area contributed by atoms with E-state index in [4.69, 9.17) is 15.8 Å². The Morgan fingerprint density at radius 2 is 2.00 bits per heavy atom. The van der Waals surface area contributed by atoms with Crippen LogP contribution in [0.3, 0.4) is 0 Å². The minimum atomic E-state index is -0.459. The van der Waals surface area contributed by atoms with Crippen LogP contribution in [0.2, 0.25) is 0 Å². The smallest absolute Gasteiger partial charge is 0.248 e. The zero-order chi connectivity index (χ0) is 21.5. The molecule has 4 aromatic heterocycles. The van der Waals surface area contributed by atoms with E-state index in [9.17, 15) is 4.79 Å². The molecule has 0 aromatic carbocycles. The first-order valence-electron chi connectivity index (χ1n) is 10.2. The van der Waals surface area contributed by atoms with Gasteiger partial charge < -0.3 is 15.7 Å². The minimum absolute atomic E-state index is 0.0873. The number of pyridine rings is 3. The van der Waals surface area contributed by atoms with Crippen molar-refractivity contribution in [1.29, 1.82) is 0 Å². The summed E-state index contributed by atoms with van der Waals surface area (Å²) in [5.41, 5.74) is 11.4. The molecule has 5 rings (SSSR count). The van der Waals surface area contributed by atoms with Crippen molar-refractivity contribution in [2.24, 2.45) is 0 Å². The number of carbonyl (C=O) groups is 1. The van der Waals surface area contributed by atoms with Crippen molar-refractivity contribution in [1.82, 2.24) is 34.8 Å². The van der Waals surface area contributed by atoms with E-state index in [2.05, 4.69) is 20.3 Å². The Kier molecular flexibility index (Phi) is 4.70. The molecular formula is C21H22N8O2. The van der Waals surface area contributed by atoms with E-state index < -0.39 is 6.61 Å². The fraction of sp³-hybridized carbons (Fsp3) is 0.333. The number of aliphatic hydroxyl groups is 1. The molecule has 0 saturated carbocycles. The van der Waals surface area contributed by atoms with Gasteiger partial charge in [0.15, 0.2) is 0 Å². The monoisotopic (exact) mass is 418 g/mol. The van der Waals surface area contributed by atoms with Gasteiger partial charge in [-0.3, -0.25) is 9.78 Å². The molecule has 1 saturated heterocycles. The van der Waals surface area contributed by atoms with Crippen molar-refractivity contribution in [3.8, 4) is 11.3 Å². The Bertz CT molecular complexity index is 1290. The maximum Gasteiger partial charge on any atom is 0.248 e. The van der Waals surface area contributed by atoms with Gasteiger partial charge in [0.1, 0.15) is 29.0 Å². The van der Waals surface area contributed by atoms with Crippen LogP contribution in [0.5, 0.6) is 0 Å². The van der Waals surface area contributed by atoms with Gasteiger partial charge in [0.05, 0.1) is 23.4 Å². The standard InChI is InChI=1S/C21H22N8O2/c1-12-8-13(9-24-21(12)22)15-2-3-16-19(25-15)20-17(10-23-16)26-27-29(20)14-4-6-28(7-5-14)18(31)11-30/h2-3,8-10,14,30H,4-7,11H2,1H3,(H2,22,24). The van der Waals surface area contributed by atoms with Crippen molar-refractivity contribution < 1.29 is 9.90 Å². The number of fused-ring (bicyclic) bond motifs is 3. The first kappa shape index (κ1) is 19.3. The number of nitrogens with two attached hydrogens (primary N) is 1. The molecule has 1 aliphatic rings. The highest BCUT2D eigenvalue weighted by atomic mass is 16.3. The number of anilines is 1. The SMILES string of the molecule is Cc1cc(-c2ccc3ncc4nnn(C5CCN(C(=O)CO)CC5)c4c3n2)cnc1N. The van der Waals surface area contributed by atoms with Gasteiger partial charge in [-0.15, -0.1) is 5.10 Å². The summed E-state index contributed by atoms with van der Waals surface area (Å²) in [6.07, 6.45) is 4.89. The lowest BCUT2D eigenvalue weighted by atomic mass is 10.0. The maximum atomic E-state index is 11.8. The minimum Gasteiger partial charge on any atom is -0.387 e. The third-order valence-electron chi connectivity index (χ3n) is 5.86. The van der Waals surface area contributed by atoms with Crippen LogP contribution < -0.4 is 5.73 Å². The van der Waals surface area contributed by atoms with Crippen LogP contribution in [0.15, 0.2) is 30.6 Å². The number of likely N-dealkylation sites (tertiary alicyclic amines) is 1. The molecule has 0 aliphatic carbocycles. The van der Waals surface area contributed by atoms with Crippen LogP contribution in [-0.2, 0) is 4.79 Å². The number of aliphatic hydroxyl groups excluding tert-OH is 1. The highest BCUT2D eigenvalue weighted by molar-refractivity contribution is 5.99. The van der Waals surface area contributed by atoms with Crippen molar-refractivity contribution >= 4 is 33.8 Å². The first-order valence-corrected chi connectivity index (χ1v) is 10.2. The number of hydrogen-bond donors (Lipinski definition) is 2. The number of amides is 1. The zero-order valence-corrected chi connectivity index (χ0v) is 17.1. The summed E-state index contributed by atoms with van der Waals surface area (Å²) in [6, 6.07) is 5.90. The number of nitrogens with zero attached hydrogens (tertiary/aromatic N) is 7. The second kappa shape index (κ2) is 7.55. The highest BCUT2D eigenvalue weighted by Gasteiger charge is 2.26. The normalized spacial score (nSPS) is 15.1. The Balaban J connectivity index is 1.57. The van der Waals surface area contributed by atoms with E-state index in [1.165, 1.54) is 0 Å². The van der Waals surface area contributed by atoms with Crippen LogP contribution in [-0.4, -0.2) is 65.6 Å². The van der Waals surface area contributed by atoms with Crippen molar-refractivity contribution in [3.63, 3.8) is 0 Å². The molecule has 0 radical (unpaired) electrons. The lowest BCUT2D eigenvalue weighted by Crippen LogP contribution is -2.40. The predicted octanol–water partition coefficient (Wildman–Crippen LogP) is 1.48. The van der Waals surface area contributed by atoms with E-state index in [-0.39, 0.29) is 11.9 Å². The average Bonchev–Trinajstić information content (AvgIpc) is 3.25. The van der Waals surface area contributed by atoms with Crippen molar-refractivity contribution in [2.45, 2.75) is 25.8 Å². The van der Waals surface area contributed by atoms with E-state index in [0.717, 1.165) is 46.2 Å². The summed E-state index contributed by atoms with van der Waals surface area (Å²) in [6.45, 7) is 2.60. The van der Waals surface area contributed by atoms with E-state index in [1.807, 2.05) is 29.8 Å². The Labute approximate surface area is 177 Å². The van der Waals surface area contributed by atoms with Gasteiger partial charge in [-0.05, 0) is 43.5 Å². The second-order valence-electron chi connectivity index (χ2n) is 7.79. The highest BCUT2D eigenvalue weighted by Crippen LogP contribution is 2.30. The van der Waals surface area contributed by atoms with E-state index >= 15 is 0 Å². The van der Waals surface area contributed by atoms with Gasteiger partial charge in [-0.2, -0.15) is 0 Å². The van der Waals surface area contributed by atoms with Gasteiger partial charge in [0.2, 0.25) is 5.91 Å². The molecule has 0 atom stereocenters. The number of hydrogen-bond acceptors (Lipinski definition) is 8. The number of aryl methyl sites for hydroxylation is 1. The van der Waals surface area contributed by atoms with Gasteiger partial charge >= 0.3 is 0 Å². The molecule has 10 nitrogen and oxygen atoms in total. The Morgan fingerprint density at radius 3 is 2.74 bits per heavy atom. The van der Waals surface area contributed by atoms with Gasteiger partial charge in [-0.25, -0.2) is 14.6 Å². The molecule has 3 N–H and O–H groups in total. The molecule has 5 heterocycles. The quantitative estimate of drug-likeness (QED) is 0.511. The zero-order valence-electron chi connectivity index (χ0n) is 17.1. The summed E-state index contributed by atoms with van der Waals surface area (Å²) >= 11 is 0. The molecular weight excluding hydrogens is 396 g/mol. The lowest BCUT2D eigenvalue weighted by Gasteiger charge is -2.31. The van der Waals surface area contributed by atoms with Gasteiger partial charge in [0, 0.05) is 24.8 Å². The summed E-state index contributed by atoms with van der Waals surface area (Å²) in [7, 11) is 0. The van der Waals surface area contributed by atoms with Gasteiger partial charge in [-0.1, -0.05) is 5.21 Å². The summed E-state index contributed by atoms with van der Waals surface area (Å²) < 4.78 is 1.91. The summed E-state index contributed by atoms with van der Waals surface area (Å²) in [5.74, 6) is 0.261. The van der Waals surface area contributed by atoms with Crippen LogP contribution >= 0.6 is 0 Å². The molecule has 31 heavy (non-hydrogen) atoms. The number of carbonyl (C=O) groups excluding carboxylic acids is 1. The molecule has 0 bridgehead atoms. The fourth-order valence-corrected chi connectivity index (χ4v) is 4.09. The Hall–Kier alpha value is -3.66. The van der Waals surface area contributed by atoms with E-state index in [0.29, 0.717) is 24.4 Å². The van der Waals surface area contributed by atoms with Crippen LogP contribution in [0.4, 0.5) is 5.82 Å². The summed E-state index contributed by atoms with van der Waals surface area (Å²) in [5, 5.41) is 17.8.